The maximum absolute atomic E-state index is 11.9. The molecule has 4 rings (SSSR count). The van der Waals surface area contributed by atoms with Crippen molar-refractivity contribution in [3.63, 3.8) is 0 Å². The Labute approximate surface area is 180 Å². The summed E-state index contributed by atoms with van der Waals surface area (Å²) in [6.45, 7) is 8.95. The van der Waals surface area contributed by atoms with Crippen LogP contribution >= 0.6 is 0 Å². The Balaban J connectivity index is 1.66. The highest BCUT2D eigenvalue weighted by Gasteiger charge is 2.27. The molecule has 3 aromatic rings. The van der Waals surface area contributed by atoms with Gasteiger partial charge in [0, 0.05) is 43.5 Å². The fraction of sp³-hybridized carbons (Fsp3) is 0.364. The average Bonchev–Trinajstić information content (AvgIpc) is 3.40. The van der Waals surface area contributed by atoms with Gasteiger partial charge >= 0.3 is 0 Å². The lowest BCUT2D eigenvalue weighted by atomic mass is 10.2. The van der Waals surface area contributed by atoms with Crippen molar-refractivity contribution in [2.75, 3.05) is 25.5 Å². The molecule has 0 bridgehead atoms. The van der Waals surface area contributed by atoms with E-state index in [1.54, 1.807) is 24.3 Å². The summed E-state index contributed by atoms with van der Waals surface area (Å²) >= 11 is 0. The normalized spacial score (nSPS) is 16.0. The minimum atomic E-state index is -0.134. The number of nitrogens with zero attached hydrogens (tertiary/aromatic N) is 5. The van der Waals surface area contributed by atoms with Crippen LogP contribution in [0.25, 0.3) is 10.9 Å². The molecule has 1 unspecified atom stereocenters. The van der Waals surface area contributed by atoms with Crippen molar-refractivity contribution in [3.8, 4) is 11.8 Å². The number of carbonyl (C=O) groups excluding carboxylic acids is 1. The molecule has 162 valence electrons. The zero-order valence-corrected chi connectivity index (χ0v) is 17.9. The van der Waals surface area contributed by atoms with E-state index in [1.807, 2.05) is 18.3 Å². The number of nitrogens with one attached hydrogen (secondary N) is 1. The third kappa shape index (κ3) is 4.30. The van der Waals surface area contributed by atoms with E-state index >= 15 is 0 Å². The zero-order valence-electron chi connectivity index (χ0n) is 17.9. The average molecular weight is 422 g/mol. The highest BCUT2D eigenvalue weighted by atomic mass is 16.5. The van der Waals surface area contributed by atoms with Gasteiger partial charge in [-0.1, -0.05) is 6.58 Å². The molecule has 0 aliphatic carbocycles. The number of fused-ring (bicyclic) bond motifs is 1. The van der Waals surface area contributed by atoms with Crippen LogP contribution < -0.4 is 14.8 Å². The van der Waals surface area contributed by atoms with Gasteiger partial charge in [-0.2, -0.15) is 9.97 Å². The number of methoxy groups -OCH3 is 1. The number of ether oxygens (including phenoxy) is 2. The molecule has 1 atom stereocenters. The fourth-order valence-corrected chi connectivity index (χ4v) is 3.67. The molecule has 0 aromatic carbocycles. The second kappa shape index (κ2) is 8.63. The highest BCUT2D eigenvalue weighted by molar-refractivity contribution is 5.88. The van der Waals surface area contributed by atoms with Gasteiger partial charge in [0.1, 0.15) is 11.9 Å². The molecule has 0 spiro atoms. The fourth-order valence-electron chi connectivity index (χ4n) is 3.67. The van der Waals surface area contributed by atoms with Gasteiger partial charge in [0.05, 0.1) is 24.6 Å². The number of aromatic nitrogens is 4. The lowest BCUT2D eigenvalue weighted by Crippen LogP contribution is -2.29. The van der Waals surface area contributed by atoms with Crippen molar-refractivity contribution >= 4 is 28.6 Å². The highest BCUT2D eigenvalue weighted by Crippen LogP contribution is 2.32. The van der Waals surface area contributed by atoms with Gasteiger partial charge in [0.2, 0.25) is 23.6 Å². The first-order valence-corrected chi connectivity index (χ1v) is 10.2. The van der Waals surface area contributed by atoms with Crippen LogP contribution in [0.4, 0.5) is 11.8 Å². The number of pyridine rings is 1. The lowest BCUT2D eigenvalue weighted by Gasteiger charge is -2.17. The third-order valence-electron chi connectivity index (χ3n) is 5.23. The quantitative estimate of drug-likeness (QED) is 0.584. The zero-order chi connectivity index (χ0) is 22.0. The van der Waals surface area contributed by atoms with Crippen LogP contribution in [-0.2, 0) is 4.79 Å². The number of amides is 1. The van der Waals surface area contributed by atoms with Gasteiger partial charge in [-0.25, -0.2) is 4.98 Å². The summed E-state index contributed by atoms with van der Waals surface area (Å²) in [5.74, 6) is 1.83. The predicted octanol–water partition coefficient (Wildman–Crippen LogP) is 3.33. The molecular weight excluding hydrogens is 396 g/mol. The van der Waals surface area contributed by atoms with E-state index in [-0.39, 0.29) is 18.1 Å². The van der Waals surface area contributed by atoms with Crippen LogP contribution in [-0.4, -0.2) is 56.6 Å². The van der Waals surface area contributed by atoms with Crippen molar-refractivity contribution in [2.24, 2.45) is 0 Å². The second-order valence-corrected chi connectivity index (χ2v) is 7.63. The van der Waals surface area contributed by atoms with E-state index in [1.165, 1.54) is 6.08 Å². The topological polar surface area (TPSA) is 94.4 Å². The van der Waals surface area contributed by atoms with E-state index in [0.29, 0.717) is 36.6 Å². The van der Waals surface area contributed by atoms with Crippen molar-refractivity contribution in [1.29, 1.82) is 0 Å². The maximum Gasteiger partial charge on any atom is 0.246 e. The Morgan fingerprint density at radius 1 is 1.35 bits per heavy atom. The third-order valence-corrected chi connectivity index (χ3v) is 5.23. The summed E-state index contributed by atoms with van der Waals surface area (Å²) in [7, 11) is 1.56. The molecule has 9 heteroatoms. The summed E-state index contributed by atoms with van der Waals surface area (Å²) in [5.41, 5.74) is 0.988. The molecular formula is C22H26N6O3. The maximum atomic E-state index is 11.9. The van der Waals surface area contributed by atoms with Gasteiger partial charge in [0.15, 0.2) is 0 Å². The van der Waals surface area contributed by atoms with Crippen LogP contribution in [0.2, 0.25) is 0 Å². The number of rotatable bonds is 7. The van der Waals surface area contributed by atoms with Crippen LogP contribution in [0.3, 0.4) is 0 Å². The Hall–Kier alpha value is -3.62. The summed E-state index contributed by atoms with van der Waals surface area (Å²) in [4.78, 5) is 26.9. The SMILES string of the molecule is C=CC(=O)N1CCC(Oc2nc(Nc3nccc(OC)n3)cc3c2ccn3C(C)C)C1. The second-order valence-electron chi connectivity index (χ2n) is 7.63. The minimum Gasteiger partial charge on any atom is -0.481 e. The van der Waals surface area contributed by atoms with Crippen molar-refractivity contribution in [3.05, 3.63) is 43.2 Å². The molecule has 9 nitrogen and oxygen atoms in total. The Bertz CT molecular complexity index is 1110. The summed E-state index contributed by atoms with van der Waals surface area (Å²) in [6, 6.07) is 5.90. The van der Waals surface area contributed by atoms with Gasteiger partial charge in [0.25, 0.3) is 0 Å². The largest absolute Gasteiger partial charge is 0.481 e. The summed E-state index contributed by atoms with van der Waals surface area (Å²) < 4.78 is 13.6. The molecule has 31 heavy (non-hydrogen) atoms. The monoisotopic (exact) mass is 422 g/mol. The lowest BCUT2D eigenvalue weighted by molar-refractivity contribution is -0.125. The smallest absolute Gasteiger partial charge is 0.246 e. The van der Waals surface area contributed by atoms with E-state index in [2.05, 4.69) is 45.3 Å². The summed E-state index contributed by atoms with van der Waals surface area (Å²) in [6.07, 6.45) is 5.58. The molecule has 4 heterocycles. The first-order chi connectivity index (χ1) is 15.0. The molecule has 1 N–H and O–H groups in total. The predicted molar refractivity (Wildman–Crippen MR) is 118 cm³/mol. The number of carbonyl (C=O) groups is 1. The van der Waals surface area contributed by atoms with E-state index < -0.39 is 0 Å². The molecule has 1 saturated heterocycles. The standard InChI is InChI=1S/C22H26N6O3/c1-5-20(29)27-10-7-15(13-27)31-21-16-8-11-28(14(2)3)17(16)12-18(24-21)25-22-23-9-6-19(26-22)30-4/h5-6,8-9,11-12,14-15H,1,7,10,13H2,2-4H3,(H,23,24,25,26). The Morgan fingerprint density at radius 2 is 2.19 bits per heavy atom. The van der Waals surface area contributed by atoms with Gasteiger partial charge in [-0.3, -0.25) is 4.79 Å². The van der Waals surface area contributed by atoms with Crippen LogP contribution in [0.5, 0.6) is 11.8 Å². The first-order valence-electron chi connectivity index (χ1n) is 10.2. The molecule has 1 aliphatic rings. The van der Waals surface area contributed by atoms with Gasteiger partial charge < -0.3 is 24.3 Å². The Morgan fingerprint density at radius 3 is 2.94 bits per heavy atom. The van der Waals surface area contributed by atoms with Crippen LogP contribution in [0, 0.1) is 0 Å². The number of hydrogen-bond acceptors (Lipinski definition) is 7. The van der Waals surface area contributed by atoms with E-state index in [4.69, 9.17) is 9.47 Å². The molecule has 0 saturated carbocycles. The summed E-state index contributed by atoms with van der Waals surface area (Å²) in [5, 5.41) is 4.06. The minimum absolute atomic E-state index is 0.0826. The van der Waals surface area contributed by atoms with E-state index in [0.717, 1.165) is 17.3 Å². The number of anilines is 2. The molecule has 1 fully saturated rings. The molecule has 3 aromatic heterocycles. The van der Waals surface area contributed by atoms with Gasteiger partial charge in [-0.05, 0) is 26.0 Å². The molecule has 1 amide bonds. The number of likely N-dealkylation sites (tertiary alicyclic amines) is 1. The number of hydrogen-bond donors (Lipinski definition) is 1. The van der Waals surface area contributed by atoms with E-state index in [9.17, 15) is 4.79 Å². The van der Waals surface area contributed by atoms with Gasteiger partial charge in [-0.15, -0.1) is 0 Å². The molecule has 1 aliphatic heterocycles. The van der Waals surface area contributed by atoms with Crippen molar-refractivity contribution < 1.29 is 14.3 Å². The van der Waals surface area contributed by atoms with Crippen LogP contribution in [0.1, 0.15) is 26.3 Å². The van der Waals surface area contributed by atoms with Crippen molar-refractivity contribution in [2.45, 2.75) is 32.4 Å². The van der Waals surface area contributed by atoms with Crippen molar-refractivity contribution in [1.82, 2.24) is 24.4 Å². The Kier molecular flexibility index (Phi) is 5.75. The van der Waals surface area contributed by atoms with Crippen LogP contribution in [0.15, 0.2) is 43.2 Å². The first kappa shape index (κ1) is 20.6. The molecule has 0 radical (unpaired) electrons.